The number of thiazole rings is 1. The number of amides is 1. The zero-order valence-corrected chi connectivity index (χ0v) is 17.8. The molecule has 3 rings (SSSR count). The molecule has 0 bridgehead atoms. The van der Waals surface area contributed by atoms with E-state index in [2.05, 4.69) is 10.3 Å². The van der Waals surface area contributed by atoms with E-state index in [0.29, 0.717) is 5.69 Å². The number of hydrogen-bond acceptors (Lipinski definition) is 7. The number of aromatic nitrogens is 1. The molecule has 0 aliphatic carbocycles. The Balaban J connectivity index is 1.50. The lowest BCUT2D eigenvalue weighted by Gasteiger charge is -2.20. The second-order valence-electron chi connectivity index (χ2n) is 6.69. The molecule has 1 unspecified atom stereocenters. The number of esters is 1. The molecule has 2 aromatic heterocycles. The van der Waals surface area contributed by atoms with Crippen LogP contribution in [0.4, 0.5) is 4.79 Å². The van der Waals surface area contributed by atoms with Gasteiger partial charge >= 0.3 is 12.1 Å². The molecule has 0 fully saturated rings. The fourth-order valence-electron chi connectivity index (χ4n) is 2.52. The third kappa shape index (κ3) is 6.13. The zero-order chi connectivity index (χ0) is 20.6. The van der Waals surface area contributed by atoms with Crippen LogP contribution in [-0.4, -0.2) is 23.1 Å². The van der Waals surface area contributed by atoms with Gasteiger partial charge in [0.1, 0.15) is 24.3 Å². The second-order valence-corrected chi connectivity index (χ2v) is 8.33. The molecule has 29 heavy (non-hydrogen) atoms. The first kappa shape index (κ1) is 21.0. The third-order valence-corrected chi connectivity index (χ3v) is 5.71. The van der Waals surface area contributed by atoms with Crippen molar-refractivity contribution >= 4 is 34.7 Å². The van der Waals surface area contributed by atoms with Gasteiger partial charge in [0.15, 0.2) is 0 Å². The Bertz CT molecular complexity index is 923. The molecule has 1 atom stereocenters. The highest BCUT2D eigenvalue weighted by Crippen LogP contribution is 2.26. The summed E-state index contributed by atoms with van der Waals surface area (Å²) in [6, 6.07) is 10.5. The molecule has 152 valence electrons. The standard InChI is InChI=1S/C21H22N2O4S2/c1-14(2)18(23-21(25)27-10-15-6-4-3-5-7-15)20(24)26-11-17-13-29-19(22-17)16-8-9-28-12-16/h3-9,12-14,18H,10-11H2,1-2H3,(H,23,25). The van der Waals surface area contributed by atoms with E-state index in [1.165, 1.54) is 11.3 Å². The van der Waals surface area contributed by atoms with Gasteiger partial charge in [0.2, 0.25) is 0 Å². The molecular weight excluding hydrogens is 408 g/mol. The Morgan fingerprint density at radius 3 is 2.55 bits per heavy atom. The second kappa shape index (κ2) is 10.2. The summed E-state index contributed by atoms with van der Waals surface area (Å²) >= 11 is 3.11. The van der Waals surface area contributed by atoms with E-state index in [1.807, 2.05) is 66.4 Å². The maximum absolute atomic E-state index is 12.5. The van der Waals surface area contributed by atoms with Crippen molar-refractivity contribution in [1.82, 2.24) is 10.3 Å². The third-order valence-electron chi connectivity index (χ3n) is 4.09. The SMILES string of the molecule is CC(C)C(NC(=O)OCc1ccccc1)C(=O)OCc1csc(-c2ccsc2)n1. The minimum atomic E-state index is -0.798. The van der Waals surface area contributed by atoms with Crippen molar-refractivity contribution in [3.05, 3.63) is 63.8 Å². The van der Waals surface area contributed by atoms with Crippen LogP contribution < -0.4 is 5.32 Å². The number of ether oxygens (including phenoxy) is 2. The fourth-order valence-corrected chi connectivity index (χ4v) is 4.03. The molecule has 1 amide bonds. The molecule has 0 spiro atoms. The van der Waals surface area contributed by atoms with Crippen LogP contribution in [0.15, 0.2) is 52.5 Å². The zero-order valence-electron chi connectivity index (χ0n) is 16.2. The summed E-state index contributed by atoms with van der Waals surface area (Å²) in [6.45, 7) is 3.86. The summed E-state index contributed by atoms with van der Waals surface area (Å²) < 4.78 is 10.6. The maximum atomic E-state index is 12.5. The summed E-state index contributed by atoms with van der Waals surface area (Å²) in [5, 5.41) is 9.37. The molecule has 8 heteroatoms. The lowest BCUT2D eigenvalue weighted by atomic mass is 10.1. The van der Waals surface area contributed by atoms with Gasteiger partial charge < -0.3 is 14.8 Å². The van der Waals surface area contributed by atoms with Crippen molar-refractivity contribution in [2.24, 2.45) is 5.92 Å². The van der Waals surface area contributed by atoms with E-state index in [-0.39, 0.29) is 19.1 Å². The Morgan fingerprint density at radius 1 is 1.07 bits per heavy atom. The average molecular weight is 431 g/mol. The molecule has 0 radical (unpaired) electrons. The number of carbonyl (C=O) groups excluding carboxylic acids is 2. The highest BCUT2D eigenvalue weighted by molar-refractivity contribution is 7.14. The number of rotatable bonds is 8. The predicted molar refractivity (Wildman–Crippen MR) is 114 cm³/mol. The Hall–Kier alpha value is -2.71. The van der Waals surface area contributed by atoms with Crippen molar-refractivity contribution < 1.29 is 19.1 Å². The van der Waals surface area contributed by atoms with Crippen molar-refractivity contribution in [3.63, 3.8) is 0 Å². The van der Waals surface area contributed by atoms with Crippen molar-refractivity contribution in [2.45, 2.75) is 33.1 Å². The van der Waals surface area contributed by atoms with E-state index >= 15 is 0 Å². The Morgan fingerprint density at radius 2 is 1.86 bits per heavy atom. The molecule has 0 aliphatic heterocycles. The number of carbonyl (C=O) groups is 2. The van der Waals surface area contributed by atoms with Crippen molar-refractivity contribution in [3.8, 4) is 10.6 Å². The summed E-state index contributed by atoms with van der Waals surface area (Å²) in [5.74, 6) is -0.662. The van der Waals surface area contributed by atoms with Crippen LogP contribution in [0.5, 0.6) is 0 Å². The first-order valence-corrected chi connectivity index (χ1v) is 11.0. The number of hydrogen-bond donors (Lipinski definition) is 1. The van der Waals surface area contributed by atoms with Crippen LogP contribution in [0.3, 0.4) is 0 Å². The Kier molecular flexibility index (Phi) is 7.37. The molecule has 6 nitrogen and oxygen atoms in total. The van der Waals surface area contributed by atoms with Crippen molar-refractivity contribution in [2.75, 3.05) is 0 Å². The molecule has 2 heterocycles. The summed E-state index contributed by atoms with van der Waals surface area (Å²) in [6.07, 6.45) is -0.655. The van der Waals surface area contributed by atoms with Gasteiger partial charge in [-0.1, -0.05) is 44.2 Å². The first-order chi connectivity index (χ1) is 14.0. The number of alkyl carbamates (subject to hydrolysis) is 1. The van der Waals surface area contributed by atoms with Crippen LogP contribution in [0.2, 0.25) is 0 Å². The van der Waals surface area contributed by atoms with Gasteiger partial charge in [-0.25, -0.2) is 14.6 Å². The molecule has 0 saturated heterocycles. The largest absolute Gasteiger partial charge is 0.458 e. The molecular formula is C21H22N2O4S2. The van der Waals surface area contributed by atoms with Gasteiger partial charge in [-0.3, -0.25) is 0 Å². The normalized spacial score (nSPS) is 11.8. The number of thiophene rings is 1. The van der Waals surface area contributed by atoms with E-state index < -0.39 is 18.1 Å². The lowest BCUT2D eigenvalue weighted by molar-refractivity contribution is -0.148. The molecule has 3 aromatic rings. The first-order valence-electron chi connectivity index (χ1n) is 9.13. The highest BCUT2D eigenvalue weighted by atomic mass is 32.1. The monoisotopic (exact) mass is 430 g/mol. The van der Waals surface area contributed by atoms with Crippen LogP contribution in [-0.2, 0) is 27.5 Å². The number of benzene rings is 1. The van der Waals surface area contributed by atoms with Gasteiger partial charge in [0.25, 0.3) is 0 Å². The topological polar surface area (TPSA) is 77.5 Å². The van der Waals surface area contributed by atoms with Gasteiger partial charge in [-0.2, -0.15) is 11.3 Å². The van der Waals surface area contributed by atoms with Gasteiger partial charge in [0, 0.05) is 16.3 Å². The minimum absolute atomic E-state index is 0.0590. The fraction of sp³-hybridized carbons (Fsp3) is 0.286. The summed E-state index contributed by atoms with van der Waals surface area (Å²) in [7, 11) is 0. The van der Waals surface area contributed by atoms with E-state index in [9.17, 15) is 9.59 Å². The molecule has 0 saturated carbocycles. The van der Waals surface area contributed by atoms with Crippen LogP contribution in [0.25, 0.3) is 10.6 Å². The Labute approximate surface area is 177 Å². The van der Waals surface area contributed by atoms with E-state index in [0.717, 1.165) is 16.1 Å². The predicted octanol–water partition coefficient (Wildman–Crippen LogP) is 4.87. The van der Waals surface area contributed by atoms with Gasteiger partial charge in [-0.15, -0.1) is 11.3 Å². The molecule has 1 aromatic carbocycles. The summed E-state index contributed by atoms with van der Waals surface area (Å²) in [4.78, 5) is 29.1. The average Bonchev–Trinajstić information content (AvgIpc) is 3.41. The van der Waals surface area contributed by atoms with Gasteiger partial charge in [0.05, 0.1) is 5.69 Å². The molecule has 1 N–H and O–H groups in total. The van der Waals surface area contributed by atoms with Crippen LogP contribution in [0, 0.1) is 5.92 Å². The smallest absolute Gasteiger partial charge is 0.408 e. The number of nitrogens with one attached hydrogen (secondary N) is 1. The maximum Gasteiger partial charge on any atom is 0.408 e. The quantitative estimate of drug-likeness (QED) is 0.516. The lowest BCUT2D eigenvalue weighted by Crippen LogP contribution is -2.45. The van der Waals surface area contributed by atoms with E-state index in [1.54, 1.807) is 11.3 Å². The number of nitrogens with zero attached hydrogens (tertiary/aromatic N) is 1. The highest BCUT2D eigenvalue weighted by Gasteiger charge is 2.26. The van der Waals surface area contributed by atoms with E-state index in [4.69, 9.17) is 9.47 Å². The minimum Gasteiger partial charge on any atom is -0.458 e. The van der Waals surface area contributed by atoms with Crippen molar-refractivity contribution in [1.29, 1.82) is 0 Å². The van der Waals surface area contributed by atoms with Gasteiger partial charge in [-0.05, 0) is 22.9 Å². The summed E-state index contributed by atoms with van der Waals surface area (Å²) in [5.41, 5.74) is 2.61. The molecule has 0 aliphatic rings. The van der Waals surface area contributed by atoms with Crippen LogP contribution >= 0.6 is 22.7 Å². The van der Waals surface area contributed by atoms with Crippen LogP contribution in [0.1, 0.15) is 25.1 Å².